The molecule has 0 aliphatic carbocycles. The van der Waals surface area contributed by atoms with Gasteiger partial charge in [0.25, 0.3) is 0 Å². The predicted molar refractivity (Wildman–Crippen MR) is 146 cm³/mol. The molecule has 0 spiro atoms. The molecule has 1 heterocycles. The summed E-state index contributed by atoms with van der Waals surface area (Å²) in [6.07, 6.45) is 0.676. The Bertz CT molecular complexity index is 1350. The van der Waals surface area contributed by atoms with E-state index in [1.807, 2.05) is 97.1 Å². The molecule has 1 amide bonds. The van der Waals surface area contributed by atoms with Crippen molar-refractivity contribution in [1.29, 1.82) is 0 Å². The number of aromatic nitrogens is 3. The molecule has 178 valence electrons. The fraction of sp³-hybridized carbons (Fsp3) is 0.100. The van der Waals surface area contributed by atoms with Gasteiger partial charge in [0.15, 0.2) is 5.16 Å². The molecule has 4 aromatic carbocycles. The van der Waals surface area contributed by atoms with Crippen molar-refractivity contribution in [1.82, 2.24) is 14.8 Å². The SMILES string of the molecule is O=C(CSc1nnc(Cc2ccccc2)n1Cc1ccccc1)N(c1ccccc1)c1ccccc1. The molecule has 5 nitrogen and oxygen atoms in total. The molecule has 0 radical (unpaired) electrons. The summed E-state index contributed by atoms with van der Waals surface area (Å²) < 4.78 is 2.12. The van der Waals surface area contributed by atoms with E-state index in [2.05, 4.69) is 39.0 Å². The summed E-state index contributed by atoms with van der Waals surface area (Å²) in [7, 11) is 0. The Labute approximate surface area is 215 Å². The van der Waals surface area contributed by atoms with E-state index in [1.165, 1.54) is 17.3 Å². The van der Waals surface area contributed by atoms with E-state index in [0.29, 0.717) is 13.0 Å². The van der Waals surface area contributed by atoms with Crippen LogP contribution in [-0.4, -0.2) is 26.4 Å². The van der Waals surface area contributed by atoms with Crippen LogP contribution in [0.25, 0.3) is 0 Å². The maximum absolute atomic E-state index is 13.5. The molecule has 0 fully saturated rings. The fourth-order valence-corrected chi connectivity index (χ4v) is 4.85. The molecule has 36 heavy (non-hydrogen) atoms. The van der Waals surface area contributed by atoms with E-state index in [4.69, 9.17) is 0 Å². The molecule has 5 rings (SSSR count). The Morgan fingerprint density at radius 1 is 0.667 bits per heavy atom. The van der Waals surface area contributed by atoms with Gasteiger partial charge in [-0.1, -0.05) is 109 Å². The summed E-state index contributed by atoms with van der Waals surface area (Å²) in [5.41, 5.74) is 4.01. The van der Waals surface area contributed by atoms with Crippen molar-refractivity contribution in [2.75, 3.05) is 10.7 Å². The van der Waals surface area contributed by atoms with Crippen LogP contribution < -0.4 is 4.90 Å². The van der Waals surface area contributed by atoms with Gasteiger partial charge in [0, 0.05) is 17.8 Å². The van der Waals surface area contributed by atoms with Crippen molar-refractivity contribution in [3.63, 3.8) is 0 Å². The first-order chi connectivity index (χ1) is 17.8. The van der Waals surface area contributed by atoms with Gasteiger partial charge < -0.3 is 4.57 Å². The van der Waals surface area contributed by atoms with Crippen LogP contribution in [0.5, 0.6) is 0 Å². The monoisotopic (exact) mass is 490 g/mol. The number of nitrogens with zero attached hydrogens (tertiary/aromatic N) is 4. The highest BCUT2D eigenvalue weighted by Gasteiger charge is 2.20. The second-order valence-corrected chi connectivity index (χ2v) is 9.26. The minimum Gasteiger partial charge on any atom is -0.301 e. The Kier molecular flexibility index (Phi) is 7.54. The van der Waals surface area contributed by atoms with E-state index >= 15 is 0 Å². The highest BCUT2D eigenvalue weighted by Crippen LogP contribution is 2.28. The fourth-order valence-electron chi connectivity index (χ4n) is 4.04. The Balaban J connectivity index is 1.40. The minimum absolute atomic E-state index is 0.0173. The number of benzene rings is 4. The number of carbonyl (C=O) groups excluding carboxylic acids is 1. The summed E-state index contributed by atoms with van der Waals surface area (Å²) >= 11 is 1.42. The second kappa shape index (κ2) is 11.5. The van der Waals surface area contributed by atoms with Crippen molar-refractivity contribution in [2.24, 2.45) is 0 Å². The molecular weight excluding hydrogens is 464 g/mol. The normalized spacial score (nSPS) is 10.8. The van der Waals surface area contributed by atoms with E-state index < -0.39 is 0 Å². The topological polar surface area (TPSA) is 51.0 Å². The van der Waals surface area contributed by atoms with Crippen LogP contribution in [-0.2, 0) is 17.8 Å². The number of rotatable bonds is 9. The van der Waals surface area contributed by atoms with Crippen LogP contribution in [0.4, 0.5) is 11.4 Å². The smallest absolute Gasteiger partial charge is 0.242 e. The van der Waals surface area contributed by atoms with Gasteiger partial charge in [0.05, 0.1) is 12.3 Å². The molecule has 0 bridgehead atoms. The maximum atomic E-state index is 13.5. The molecule has 0 saturated carbocycles. The zero-order valence-electron chi connectivity index (χ0n) is 19.8. The van der Waals surface area contributed by atoms with E-state index in [0.717, 1.165) is 27.9 Å². The number of hydrogen-bond donors (Lipinski definition) is 0. The van der Waals surface area contributed by atoms with Gasteiger partial charge in [-0.3, -0.25) is 9.69 Å². The zero-order valence-corrected chi connectivity index (χ0v) is 20.6. The highest BCUT2D eigenvalue weighted by molar-refractivity contribution is 7.99. The lowest BCUT2D eigenvalue weighted by molar-refractivity contribution is -0.115. The first-order valence-electron chi connectivity index (χ1n) is 11.8. The van der Waals surface area contributed by atoms with Crippen molar-refractivity contribution >= 4 is 29.0 Å². The third-order valence-electron chi connectivity index (χ3n) is 5.78. The Morgan fingerprint density at radius 2 is 1.17 bits per heavy atom. The molecule has 0 atom stereocenters. The van der Waals surface area contributed by atoms with E-state index in [-0.39, 0.29) is 11.7 Å². The van der Waals surface area contributed by atoms with Crippen LogP contribution in [0, 0.1) is 0 Å². The number of para-hydroxylation sites is 2. The second-order valence-electron chi connectivity index (χ2n) is 8.32. The third kappa shape index (κ3) is 5.73. The van der Waals surface area contributed by atoms with Gasteiger partial charge in [0.2, 0.25) is 5.91 Å². The van der Waals surface area contributed by atoms with Gasteiger partial charge in [-0.15, -0.1) is 10.2 Å². The average molecular weight is 491 g/mol. The number of hydrogen-bond acceptors (Lipinski definition) is 4. The van der Waals surface area contributed by atoms with Crippen LogP contribution in [0.15, 0.2) is 126 Å². The van der Waals surface area contributed by atoms with Gasteiger partial charge >= 0.3 is 0 Å². The minimum atomic E-state index is -0.0173. The van der Waals surface area contributed by atoms with Crippen molar-refractivity contribution < 1.29 is 4.79 Å². The number of amides is 1. The van der Waals surface area contributed by atoms with Crippen LogP contribution in [0.3, 0.4) is 0 Å². The number of thioether (sulfide) groups is 1. The van der Waals surface area contributed by atoms with E-state index in [1.54, 1.807) is 4.90 Å². The van der Waals surface area contributed by atoms with Gasteiger partial charge in [-0.2, -0.15) is 0 Å². The molecule has 5 aromatic rings. The van der Waals surface area contributed by atoms with Gasteiger partial charge in [0.1, 0.15) is 5.82 Å². The van der Waals surface area contributed by atoms with Crippen LogP contribution >= 0.6 is 11.8 Å². The molecular formula is C30H26N4OS. The zero-order chi connectivity index (χ0) is 24.6. The molecule has 0 unspecified atom stereocenters. The molecule has 6 heteroatoms. The van der Waals surface area contributed by atoms with Gasteiger partial charge in [-0.05, 0) is 35.4 Å². The van der Waals surface area contributed by atoms with E-state index in [9.17, 15) is 4.79 Å². The molecule has 1 aromatic heterocycles. The largest absolute Gasteiger partial charge is 0.301 e. The summed E-state index contributed by atoms with van der Waals surface area (Å²) in [6, 6.07) is 40.0. The number of carbonyl (C=O) groups is 1. The number of anilines is 2. The average Bonchev–Trinajstić information content (AvgIpc) is 3.30. The summed E-state index contributed by atoms with van der Waals surface area (Å²) in [5.74, 6) is 1.10. The Hall–Kier alpha value is -4.16. The van der Waals surface area contributed by atoms with Gasteiger partial charge in [-0.25, -0.2) is 0 Å². The first kappa shape index (κ1) is 23.6. The van der Waals surface area contributed by atoms with Crippen LogP contribution in [0.2, 0.25) is 0 Å². The molecule has 0 saturated heterocycles. The molecule has 0 aliphatic heterocycles. The molecule has 0 N–H and O–H groups in total. The highest BCUT2D eigenvalue weighted by atomic mass is 32.2. The quantitative estimate of drug-likeness (QED) is 0.225. The maximum Gasteiger partial charge on any atom is 0.242 e. The van der Waals surface area contributed by atoms with Crippen molar-refractivity contribution in [3.8, 4) is 0 Å². The third-order valence-corrected chi connectivity index (χ3v) is 6.74. The summed E-state index contributed by atoms with van der Waals surface area (Å²) in [4.78, 5) is 15.3. The van der Waals surface area contributed by atoms with Crippen molar-refractivity contribution in [3.05, 3.63) is 138 Å². The first-order valence-corrected chi connectivity index (χ1v) is 12.8. The summed E-state index contributed by atoms with van der Waals surface area (Å²) in [6.45, 7) is 0.646. The lowest BCUT2D eigenvalue weighted by Gasteiger charge is -2.23. The summed E-state index contributed by atoms with van der Waals surface area (Å²) in [5, 5.41) is 9.74. The molecule has 0 aliphatic rings. The lowest BCUT2D eigenvalue weighted by Crippen LogP contribution is -2.27. The predicted octanol–water partition coefficient (Wildman–Crippen LogP) is 6.37. The standard InChI is InChI=1S/C30H26N4OS/c35-29(34(26-17-9-3-10-18-26)27-19-11-4-12-20-27)23-36-30-32-31-28(21-24-13-5-1-6-14-24)33(30)22-25-15-7-2-8-16-25/h1-20H,21-23H2. The van der Waals surface area contributed by atoms with Crippen LogP contribution in [0.1, 0.15) is 17.0 Å². The Morgan fingerprint density at radius 3 is 1.72 bits per heavy atom. The lowest BCUT2D eigenvalue weighted by atomic mass is 10.1. The van der Waals surface area contributed by atoms with Crippen molar-refractivity contribution in [2.45, 2.75) is 18.1 Å².